The molecule has 1 saturated heterocycles. The molecule has 1 atom stereocenters. The second-order valence-corrected chi connectivity index (χ2v) is 7.39. The predicted octanol–water partition coefficient (Wildman–Crippen LogP) is 0.585. The van der Waals surface area contributed by atoms with Crippen molar-refractivity contribution in [1.82, 2.24) is 30.0 Å². The lowest BCUT2D eigenvalue weighted by Crippen LogP contribution is -2.41. The van der Waals surface area contributed by atoms with Gasteiger partial charge in [0.1, 0.15) is 12.9 Å². The third-order valence-corrected chi connectivity index (χ3v) is 4.48. The van der Waals surface area contributed by atoms with E-state index in [9.17, 15) is 9.59 Å². The Balaban J connectivity index is 1.70. The summed E-state index contributed by atoms with van der Waals surface area (Å²) in [5, 5.41) is 10.8. The highest BCUT2D eigenvalue weighted by atomic mass is 16.5. The predicted molar refractivity (Wildman–Crippen MR) is 101 cm³/mol. The molecule has 9 heteroatoms. The monoisotopic (exact) mass is 386 g/mol. The number of benzene rings is 1. The second kappa shape index (κ2) is 9.41. The van der Waals surface area contributed by atoms with E-state index >= 15 is 0 Å². The molecule has 2 heterocycles. The smallest absolute Gasteiger partial charge is 0.245 e. The molecule has 9 nitrogen and oxygen atoms in total. The first kappa shape index (κ1) is 19.9. The molecule has 1 aliphatic rings. The van der Waals surface area contributed by atoms with Gasteiger partial charge in [0.25, 0.3) is 0 Å². The van der Waals surface area contributed by atoms with Crippen molar-refractivity contribution in [2.24, 2.45) is 5.92 Å². The quantitative estimate of drug-likeness (QED) is 0.691. The number of amides is 2. The first-order valence-corrected chi connectivity index (χ1v) is 9.43. The summed E-state index contributed by atoms with van der Waals surface area (Å²) >= 11 is 0. The van der Waals surface area contributed by atoms with Crippen LogP contribution < -0.4 is 0 Å². The molecule has 1 aliphatic heterocycles. The molecule has 0 bridgehead atoms. The molecular formula is C19H26N6O3. The zero-order valence-corrected chi connectivity index (χ0v) is 16.3. The van der Waals surface area contributed by atoms with Crippen LogP contribution in [-0.4, -0.2) is 74.1 Å². The number of aromatic nitrogens is 4. The number of ether oxygens (including phenoxy) is 1. The van der Waals surface area contributed by atoms with Gasteiger partial charge in [0.2, 0.25) is 11.8 Å². The van der Waals surface area contributed by atoms with Crippen LogP contribution in [0.1, 0.15) is 19.4 Å². The number of carbonyl (C=O) groups is 2. The Morgan fingerprint density at radius 2 is 2.04 bits per heavy atom. The lowest BCUT2D eigenvalue weighted by molar-refractivity contribution is -0.139. The number of carbonyl (C=O) groups excluding carboxylic acids is 2. The van der Waals surface area contributed by atoms with Crippen LogP contribution in [0.5, 0.6) is 0 Å². The summed E-state index contributed by atoms with van der Waals surface area (Å²) in [6.07, 6.45) is 1.12. The SMILES string of the molecule is CC(C)CN1C[C@@H](OCc2ccccc2)CN(C(=O)Cn2cnnn2)CC1=O. The summed E-state index contributed by atoms with van der Waals surface area (Å²) < 4.78 is 7.44. The molecule has 0 saturated carbocycles. The average molecular weight is 386 g/mol. The van der Waals surface area contributed by atoms with Gasteiger partial charge in [-0.1, -0.05) is 44.2 Å². The third-order valence-electron chi connectivity index (χ3n) is 4.48. The summed E-state index contributed by atoms with van der Waals surface area (Å²) in [6.45, 7) is 6.07. The van der Waals surface area contributed by atoms with Gasteiger partial charge in [-0.2, -0.15) is 0 Å². The van der Waals surface area contributed by atoms with Crippen molar-refractivity contribution in [3.8, 4) is 0 Å². The van der Waals surface area contributed by atoms with Gasteiger partial charge in [-0.05, 0) is 21.9 Å². The maximum absolute atomic E-state index is 12.7. The zero-order valence-electron chi connectivity index (χ0n) is 16.3. The molecule has 0 unspecified atom stereocenters. The van der Waals surface area contributed by atoms with E-state index in [1.165, 1.54) is 11.0 Å². The van der Waals surface area contributed by atoms with Crippen LogP contribution in [0, 0.1) is 5.92 Å². The van der Waals surface area contributed by atoms with E-state index in [-0.39, 0.29) is 31.0 Å². The Kier molecular flexibility index (Phi) is 6.70. The number of hydrogen-bond donors (Lipinski definition) is 0. The second-order valence-electron chi connectivity index (χ2n) is 7.39. The van der Waals surface area contributed by atoms with Gasteiger partial charge < -0.3 is 14.5 Å². The van der Waals surface area contributed by atoms with Gasteiger partial charge in [-0.25, -0.2) is 4.68 Å². The van der Waals surface area contributed by atoms with Crippen molar-refractivity contribution in [1.29, 1.82) is 0 Å². The minimum absolute atomic E-state index is 0.00410. The van der Waals surface area contributed by atoms with Crippen molar-refractivity contribution < 1.29 is 14.3 Å². The number of nitrogens with zero attached hydrogens (tertiary/aromatic N) is 6. The summed E-state index contributed by atoms with van der Waals surface area (Å²) in [5.74, 6) is 0.0622. The van der Waals surface area contributed by atoms with Crippen LogP contribution in [0.25, 0.3) is 0 Å². The first-order chi connectivity index (χ1) is 13.5. The molecule has 28 heavy (non-hydrogen) atoms. The molecule has 0 aliphatic carbocycles. The van der Waals surface area contributed by atoms with Crippen LogP contribution in [-0.2, 0) is 27.5 Å². The Labute approximate surface area is 164 Å². The number of rotatable bonds is 7. The summed E-state index contributed by atoms with van der Waals surface area (Å²) in [4.78, 5) is 28.7. The van der Waals surface area contributed by atoms with Gasteiger partial charge in [-0.15, -0.1) is 5.10 Å². The Morgan fingerprint density at radius 3 is 2.71 bits per heavy atom. The van der Waals surface area contributed by atoms with Gasteiger partial charge in [0.15, 0.2) is 0 Å². The lowest BCUT2D eigenvalue weighted by atomic mass is 10.2. The summed E-state index contributed by atoms with van der Waals surface area (Å²) in [6, 6.07) is 9.87. The third kappa shape index (κ3) is 5.59. The lowest BCUT2D eigenvalue weighted by Gasteiger charge is -2.26. The average Bonchev–Trinajstić information content (AvgIpc) is 3.12. The molecule has 0 N–H and O–H groups in total. The maximum Gasteiger partial charge on any atom is 0.245 e. The molecule has 1 aromatic heterocycles. The van der Waals surface area contributed by atoms with E-state index in [2.05, 4.69) is 29.4 Å². The highest BCUT2D eigenvalue weighted by Crippen LogP contribution is 2.13. The van der Waals surface area contributed by atoms with E-state index < -0.39 is 0 Å². The van der Waals surface area contributed by atoms with Crippen molar-refractivity contribution in [2.45, 2.75) is 33.1 Å². The molecule has 2 aromatic rings. The van der Waals surface area contributed by atoms with E-state index in [4.69, 9.17) is 4.74 Å². The summed E-state index contributed by atoms with van der Waals surface area (Å²) in [7, 11) is 0. The molecule has 2 amide bonds. The van der Waals surface area contributed by atoms with Gasteiger partial charge in [-0.3, -0.25) is 9.59 Å². The fraction of sp³-hybridized carbons (Fsp3) is 0.526. The van der Waals surface area contributed by atoms with Crippen molar-refractivity contribution in [3.63, 3.8) is 0 Å². The van der Waals surface area contributed by atoms with Crippen LogP contribution in [0.4, 0.5) is 0 Å². The largest absolute Gasteiger partial charge is 0.370 e. The van der Waals surface area contributed by atoms with E-state index in [1.807, 2.05) is 30.3 Å². The molecular weight excluding hydrogens is 360 g/mol. The highest BCUT2D eigenvalue weighted by Gasteiger charge is 2.31. The van der Waals surface area contributed by atoms with Gasteiger partial charge in [0, 0.05) is 19.6 Å². The van der Waals surface area contributed by atoms with E-state index in [1.54, 1.807) is 9.80 Å². The molecule has 1 fully saturated rings. The normalized spacial score (nSPS) is 17.8. The van der Waals surface area contributed by atoms with Crippen molar-refractivity contribution in [2.75, 3.05) is 26.2 Å². The van der Waals surface area contributed by atoms with E-state index in [0.717, 1.165) is 5.56 Å². The fourth-order valence-electron chi connectivity index (χ4n) is 3.17. The minimum atomic E-state index is -0.261. The van der Waals surface area contributed by atoms with Gasteiger partial charge in [0.05, 0.1) is 19.3 Å². The topological polar surface area (TPSA) is 93.4 Å². The molecule has 0 spiro atoms. The number of tetrazole rings is 1. The fourth-order valence-corrected chi connectivity index (χ4v) is 3.17. The Morgan fingerprint density at radius 1 is 1.25 bits per heavy atom. The van der Waals surface area contributed by atoms with Crippen LogP contribution in [0.2, 0.25) is 0 Å². The van der Waals surface area contributed by atoms with E-state index in [0.29, 0.717) is 32.2 Å². The molecule has 3 rings (SSSR count). The van der Waals surface area contributed by atoms with Crippen LogP contribution in [0.15, 0.2) is 36.7 Å². The van der Waals surface area contributed by atoms with Gasteiger partial charge >= 0.3 is 0 Å². The van der Waals surface area contributed by atoms with Crippen molar-refractivity contribution >= 4 is 11.8 Å². The maximum atomic E-state index is 12.7. The van der Waals surface area contributed by atoms with Crippen molar-refractivity contribution in [3.05, 3.63) is 42.2 Å². The standard InChI is InChI=1S/C19H26N6O3/c1-15(2)8-23-9-17(28-13-16-6-4-3-5-7-16)10-24(11-18(23)26)19(27)12-25-14-20-21-22-25/h3-7,14-15,17H,8-13H2,1-2H3/t17-/m1/s1. The minimum Gasteiger partial charge on any atom is -0.370 e. The highest BCUT2D eigenvalue weighted by molar-refractivity contribution is 5.85. The van der Waals surface area contributed by atoms with Crippen LogP contribution in [0.3, 0.4) is 0 Å². The zero-order chi connectivity index (χ0) is 19.9. The molecule has 150 valence electrons. The first-order valence-electron chi connectivity index (χ1n) is 9.43. The Bertz CT molecular complexity index is 765. The molecule has 0 radical (unpaired) electrons. The summed E-state index contributed by atoms with van der Waals surface area (Å²) in [5.41, 5.74) is 1.06. The molecule has 1 aromatic carbocycles. The van der Waals surface area contributed by atoms with Crippen LogP contribution >= 0.6 is 0 Å². The Hall–Kier alpha value is -2.81. The number of hydrogen-bond acceptors (Lipinski definition) is 6.